The average Bonchev–Trinajstić information content (AvgIpc) is 2.18. The maximum absolute atomic E-state index is 12.4. The van der Waals surface area contributed by atoms with Crippen LogP contribution in [0.1, 0.15) is 10.4 Å². The number of carboxylic acid groups (broad SMARTS) is 1. The van der Waals surface area contributed by atoms with Gasteiger partial charge in [-0.15, -0.1) is 0 Å². The number of pyridine rings is 1. The first-order valence-corrected chi connectivity index (χ1v) is 3.79. The molecule has 0 amide bonds. The van der Waals surface area contributed by atoms with Gasteiger partial charge in [0.15, 0.2) is 0 Å². The van der Waals surface area contributed by atoms with Crippen molar-refractivity contribution in [1.29, 1.82) is 0 Å². The van der Waals surface area contributed by atoms with E-state index >= 15 is 0 Å². The Labute approximate surface area is 82.3 Å². The number of ether oxygens (including phenoxy) is 1. The fourth-order valence-electron chi connectivity index (χ4n) is 0.774. The molecule has 1 aromatic rings. The number of nitrogens with zero attached hydrogens (tertiary/aromatic N) is 1. The van der Waals surface area contributed by atoms with Crippen molar-refractivity contribution in [2.24, 2.45) is 0 Å². The van der Waals surface area contributed by atoms with Gasteiger partial charge >= 0.3 is 12.4 Å². The highest BCUT2D eigenvalue weighted by Gasteiger charge is 2.21. The van der Waals surface area contributed by atoms with E-state index < -0.39 is 24.6 Å². The second kappa shape index (κ2) is 4.63. The zero-order valence-electron chi connectivity index (χ0n) is 7.23. The molecule has 1 heterocycles. The molecule has 7 heteroatoms. The van der Waals surface area contributed by atoms with Gasteiger partial charge < -0.3 is 9.84 Å². The Kier molecular flexibility index (Phi) is 3.48. The van der Waals surface area contributed by atoms with E-state index in [4.69, 9.17) is 5.11 Å². The number of carbonyl (C=O) groups is 1. The molecule has 82 valence electrons. The summed E-state index contributed by atoms with van der Waals surface area (Å²) < 4.78 is 39.9. The number of carboxylic acids is 1. The molecule has 1 rings (SSSR count). The molecule has 0 fully saturated rings. The number of hydrogen-bond donors (Lipinski definition) is 1. The van der Waals surface area contributed by atoms with Crippen LogP contribution in [0.15, 0.2) is 18.3 Å². The summed E-state index contributed by atoms with van der Waals surface area (Å²) in [5, 5.41) is 8.53. The molecule has 0 saturated heterocycles. The normalized spacial score (nSPS) is 12.5. The van der Waals surface area contributed by atoms with E-state index in [1.807, 2.05) is 0 Å². The Morgan fingerprint density at radius 1 is 1.47 bits per heavy atom. The van der Waals surface area contributed by atoms with Crippen LogP contribution in [0, 0.1) is 0 Å². The molecule has 1 atom stereocenters. The highest BCUT2D eigenvalue weighted by Crippen LogP contribution is 2.15. The Bertz CT molecular complexity index is 359. The SMILES string of the molecule is O=C(O)c1ccnc(OC(F)C(F)F)c1. The summed E-state index contributed by atoms with van der Waals surface area (Å²) >= 11 is 0. The molecule has 0 bridgehead atoms. The van der Waals surface area contributed by atoms with Crippen molar-refractivity contribution < 1.29 is 27.8 Å². The number of aromatic carboxylic acids is 1. The van der Waals surface area contributed by atoms with Crippen molar-refractivity contribution in [3.05, 3.63) is 23.9 Å². The molecule has 0 spiro atoms. The summed E-state index contributed by atoms with van der Waals surface area (Å²) in [4.78, 5) is 13.8. The van der Waals surface area contributed by atoms with Crippen LogP contribution in [0.4, 0.5) is 13.2 Å². The van der Waals surface area contributed by atoms with Crippen LogP contribution in [0.5, 0.6) is 5.88 Å². The van der Waals surface area contributed by atoms with Gasteiger partial charge in [0, 0.05) is 12.3 Å². The van der Waals surface area contributed by atoms with Crippen molar-refractivity contribution in [3.63, 3.8) is 0 Å². The van der Waals surface area contributed by atoms with Gasteiger partial charge in [-0.3, -0.25) is 0 Å². The molecule has 0 aliphatic rings. The van der Waals surface area contributed by atoms with Crippen LogP contribution in [-0.4, -0.2) is 28.8 Å². The molecule has 1 N–H and O–H groups in total. The van der Waals surface area contributed by atoms with Crippen LogP contribution in [0.3, 0.4) is 0 Å². The number of alkyl halides is 3. The van der Waals surface area contributed by atoms with Gasteiger partial charge in [-0.05, 0) is 6.07 Å². The van der Waals surface area contributed by atoms with Crippen LogP contribution < -0.4 is 4.74 Å². The van der Waals surface area contributed by atoms with Crippen LogP contribution in [-0.2, 0) is 0 Å². The number of hydrogen-bond acceptors (Lipinski definition) is 3. The minimum atomic E-state index is -3.31. The second-order valence-electron chi connectivity index (χ2n) is 2.49. The van der Waals surface area contributed by atoms with Crippen molar-refractivity contribution in [3.8, 4) is 5.88 Å². The quantitative estimate of drug-likeness (QED) is 0.840. The smallest absolute Gasteiger partial charge is 0.335 e. The maximum Gasteiger partial charge on any atom is 0.335 e. The lowest BCUT2D eigenvalue weighted by Gasteiger charge is -2.09. The van der Waals surface area contributed by atoms with Gasteiger partial charge in [0.1, 0.15) is 0 Å². The van der Waals surface area contributed by atoms with Crippen molar-refractivity contribution in [2.75, 3.05) is 0 Å². The molecular formula is C8H6F3NO3. The summed E-state index contributed by atoms with van der Waals surface area (Å²) in [5.41, 5.74) is -0.221. The molecular weight excluding hydrogens is 215 g/mol. The minimum absolute atomic E-state index is 0.221. The van der Waals surface area contributed by atoms with E-state index in [2.05, 4.69) is 9.72 Å². The molecule has 15 heavy (non-hydrogen) atoms. The fraction of sp³-hybridized carbons (Fsp3) is 0.250. The third-order valence-corrected chi connectivity index (χ3v) is 1.41. The second-order valence-corrected chi connectivity index (χ2v) is 2.49. The van der Waals surface area contributed by atoms with Crippen LogP contribution in [0.25, 0.3) is 0 Å². The van der Waals surface area contributed by atoms with E-state index in [9.17, 15) is 18.0 Å². The largest absolute Gasteiger partial charge is 0.478 e. The molecule has 1 unspecified atom stereocenters. The van der Waals surface area contributed by atoms with E-state index in [0.29, 0.717) is 0 Å². The van der Waals surface area contributed by atoms with Gasteiger partial charge in [0.2, 0.25) is 5.88 Å². The fourth-order valence-corrected chi connectivity index (χ4v) is 0.774. The minimum Gasteiger partial charge on any atom is -0.478 e. The Balaban J connectivity index is 2.78. The third kappa shape index (κ3) is 3.12. The summed E-state index contributed by atoms with van der Waals surface area (Å²) in [6.07, 6.45) is -5.10. The van der Waals surface area contributed by atoms with E-state index in [0.717, 1.165) is 18.3 Å². The highest BCUT2D eigenvalue weighted by atomic mass is 19.3. The van der Waals surface area contributed by atoms with E-state index in [1.54, 1.807) is 0 Å². The zero-order chi connectivity index (χ0) is 11.4. The first-order valence-electron chi connectivity index (χ1n) is 3.79. The van der Waals surface area contributed by atoms with Crippen molar-refractivity contribution in [2.45, 2.75) is 12.8 Å². The molecule has 0 radical (unpaired) electrons. The summed E-state index contributed by atoms with van der Waals surface area (Å²) in [7, 11) is 0. The summed E-state index contributed by atoms with van der Waals surface area (Å²) in [6.45, 7) is 0. The third-order valence-electron chi connectivity index (χ3n) is 1.41. The number of halogens is 3. The molecule has 0 saturated carbocycles. The Morgan fingerprint density at radius 3 is 2.67 bits per heavy atom. The zero-order valence-corrected chi connectivity index (χ0v) is 7.23. The van der Waals surface area contributed by atoms with Gasteiger partial charge in [-0.2, -0.15) is 4.39 Å². The molecule has 4 nitrogen and oxygen atoms in total. The first kappa shape index (κ1) is 11.3. The average molecular weight is 221 g/mol. The maximum atomic E-state index is 12.4. The predicted molar refractivity (Wildman–Crippen MR) is 42.7 cm³/mol. The lowest BCUT2D eigenvalue weighted by atomic mass is 10.3. The van der Waals surface area contributed by atoms with Gasteiger partial charge in [0.05, 0.1) is 5.56 Å². The Hall–Kier alpha value is -1.79. The lowest BCUT2D eigenvalue weighted by molar-refractivity contribution is -0.0690. The van der Waals surface area contributed by atoms with E-state index in [-0.39, 0.29) is 5.56 Å². The van der Waals surface area contributed by atoms with Gasteiger partial charge in [0.25, 0.3) is 6.36 Å². The monoisotopic (exact) mass is 221 g/mol. The van der Waals surface area contributed by atoms with E-state index in [1.165, 1.54) is 0 Å². The predicted octanol–water partition coefficient (Wildman–Crippen LogP) is 1.72. The van der Waals surface area contributed by atoms with Crippen molar-refractivity contribution >= 4 is 5.97 Å². The summed E-state index contributed by atoms with van der Waals surface area (Å²) in [5.74, 6) is -1.78. The topological polar surface area (TPSA) is 59.4 Å². The molecule has 0 aliphatic heterocycles. The standard InChI is InChI=1S/C8H6F3NO3/c9-6(10)7(11)15-5-3-4(8(13)14)1-2-12-5/h1-3,6-7H,(H,13,14). The molecule has 1 aromatic heterocycles. The van der Waals surface area contributed by atoms with Gasteiger partial charge in [-0.25, -0.2) is 18.6 Å². The number of rotatable bonds is 4. The Morgan fingerprint density at radius 2 is 2.13 bits per heavy atom. The highest BCUT2D eigenvalue weighted by molar-refractivity contribution is 5.87. The van der Waals surface area contributed by atoms with Gasteiger partial charge in [-0.1, -0.05) is 0 Å². The van der Waals surface area contributed by atoms with Crippen molar-refractivity contribution in [1.82, 2.24) is 4.98 Å². The van der Waals surface area contributed by atoms with Crippen LogP contribution in [0.2, 0.25) is 0 Å². The molecule has 0 aliphatic carbocycles. The van der Waals surface area contributed by atoms with Crippen LogP contribution >= 0.6 is 0 Å². The molecule has 0 aromatic carbocycles. The summed E-state index contributed by atoms with van der Waals surface area (Å²) in [6, 6.07) is 1.99. The first-order chi connectivity index (χ1) is 7.00. The lowest BCUT2D eigenvalue weighted by Crippen LogP contribution is -2.20. The number of aromatic nitrogens is 1.